The molecule has 0 rings (SSSR count). The van der Waals surface area contributed by atoms with Gasteiger partial charge in [-0.15, -0.1) is 13.2 Å². The largest absolute Gasteiger partial charge is 0.527 e. The molecule has 8 nitrogen and oxygen atoms in total. The van der Waals surface area contributed by atoms with E-state index in [1.54, 1.807) is 0 Å². The zero-order valence-electron chi connectivity index (χ0n) is 25.4. The van der Waals surface area contributed by atoms with Crippen molar-refractivity contribution >= 4 is 5.97 Å². The zero-order valence-corrected chi connectivity index (χ0v) is 25.4. The van der Waals surface area contributed by atoms with Crippen LogP contribution in [0.1, 0.15) is 20.8 Å². The van der Waals surface area contributed by atoms with E-state index in [4.69, 9.17) is 0 Å². The second kappa shape index (κ2) is 15.8. The van der Waals surface area contributed by atoms with E-state index in [1.807, 2.05) is 0 Å². The fourth-order valence-corrected chi connectivity index (χ4v) is 2.54. The molecule has 0 aliphatic carbocycles. The minimum atomic E-state index is -7.63. The third kappa shape index (κ3) is 13.3. The number of esters is 1. The number of hydrogen-bond acceptors (Lipinski definition) is 8. The molecule has 0 aromatic carbocycles. The Morgan fingerprint density at radius 2 is 0.868 bits per heavy atom. The van der Waals surface area contributed by atoms with Crippen molar-refractivity contribution in [2.45, 2.75) is 94.5 Å². The quantitative estimate of drug-likeness (QED) is 0.0609. The van der Waals surface area contributed by atoms with E-state index in [0.717, 1.165) is 6.92 Å². The molecule has 3 unspecified atom stereocenters. The molecule has 0 aliphatic heterocycles. The summed E-state index contributed by atoms with van der Waals surface area (Å²) in [6, 6.07) is 0. The molecule has 0 saturated carbocycles. The van der Waals surface area contributed by atoms with Crippen LogP contribution in [0, 0.1) is 5.41 Å². The number of carbonyl (C=O) groups excluding carboxylic acids is 1. The van der Waals surface area contributed by atoms with Gasteiger partial charge in [-0.2, -0.15) is 79.0 Å². The smallest absolute Gasteiger partial charge is 0.462 e. The summed E-state index contributed by atoms with van der Waals surface area (Å²) in [5.41, 5.74) is -3.74. The number of carbonyl (C=O) groups is 1. The molecule has 0 saturated heterocycles. The number of halogens is 23. The van der Waals surface area contributed by atoms with E-state index in [-0.39, 0.29) is 6.92 Å². The molecule has 0 bridgehead atoms. The van der Waals surface area contributed by atoms with Gasteiger partial charge in [0.15, 0.2) is 0 Å². The highest BCUT2D eigenvalue weighted by Crippen LogP contribution is 2.52. The lowest BCUT2D eigenvalue weighted by Gasteiger charge is -2.36. The predicted molar refractivity (Wildman–Crippen MR) is 116 cm³/mol. The molecular formula is C22H19F23O8. The highest BCUT2D eigenvalue weighted by Gasteiger charge is 2.79. The maximum absolute atomic E-state index is 14.1. The van der Waals surface area contributed by atoms with E-state index < -0.39 is 117 Å². The zero-order chi connectivity index (χ0) is 42.9. The Hall–Kier alpha value is -2.64. The summed E-state index contributed by atoms with van der Waals surface area (Å²) in [5.74, 6) is -16.6. The van der Waals surface area contributed by atoms with Gasteiger partial charge in [0.05, 0.1) is 13.2 Å². The van der Waals surface area contributed by atoms with Gasteiger partial charge in [-0.25, -0.2) is 18.3 Å². The molecular weight excluding hydrogens is 829 g/mol. The SMILES string of the molecule is C=C(C)C(=O)OCC(C)(COC(F)(F)C(F)OC(F)(F)C(F)(F)C(F)(F)OC(C)(F)F)COC(F)(F)C(F)OC(F)(F)C(F)(F)C(F)(F)OC(F)(F)F. The minimum Gasteiger partial charge on any atom is -0.462 e. The van der Waals surface area contributed by atoms with E-state index in [9.17, 15) is 106 Å². The fraction of sp³-hybridized carbons (Fsp3) is 0.864. The lowest BCUT2D eigenvalue weighted by atomic mass is 9.94. The monoisotopic (exact) mass is 848 g/mol. The maximum atomic E-state index is 14.1. The molecule has 0 fully saturated rings. The van der Waals surface area contributed by atoms with Crippen LogP contribution in [0.25, 0.3) is 0 Å². The van der Waals surface area contributed by atoms with Gasteiger partial charge in [-0.05, 0) is 6.92 Å². The van der Waals surface area contributed by atoms with Crippen LogP contribution in [0.15, 0.2) is 12.2 Å². The van der Waals surface area contributed by atoms with Crippen molar-refractivity contribution in [3.8, 4) is 0 Å². The van der Waals surface area contributed by atoms with E-state index in [1.165, 1.54) is 4.74 Å². The molecule has 53 heavy (non-hydrogen) atoms. The normalized spacial score (nSPS) is 17.3. The fourth-order valence-electron chi connectivity index (χ4n) is 2.54. The van der Waals surface area contributed by atoms with Gasteiger partial charge in [0, 0.05) is 17.9 Å². The molecule has 31 heteroatoms. The molecule has 0 radical (unpaired) electrons. The van der Waals surface area contributed by atoms with Gasteiger partial charge in [0.25, 0.3) is 12.7 Å². The van der Waals surface area contributed by atoms with Crippen LogP contribution in [-0.2, 0) is 38.0 Å². The first kappa shape index (κ1) is 50.4. The van der Waals surface area contributed by atoms with E-state index >= 15 is 0 Å². The van der Waals surface area contributed by atoms with Crippen LogP contribution in [-0.4, -0.2) is 99.5 Å². The van der Waals surface area contributed by atoms with Crippen LogP contribution < -0.4 is 0 Å². The molecule has 0 aromatic rings. The van der Waals surface area contributed by atoms with Gasteiger partial charge in [0.1, 0.15) is 6.61 Å². The third-order valence-corrected chi connectivity index (χ3v) is 5.17. The van der Waals surface area contributed by atoms with Gasteiger partial charge in [-0.3, -0.25) is 14.2 Å². The summed E-state index contributed by atoms with van der Waals surface area (Å²) < 4.78 is 325. The molecule has 0 aromatic heterocycles. The highest BCUT2D eigenvalue weighted by molar-refractivity contribution is 5.86. The van der Waals surface area contributed by atoms with Crippen LogP contribution >= 0.6 is 0 Å². The Morgan fingerprint density at radius 1 is 0.547 bits per heavy atom. The first-order chi connectivity index (χ1) is 22.9. The van der Waals surface area contributed by atoms with Crippen molar-refractivity contribution in [2.24, 2.45) is 5.41 Å². The van der Waals surface area contributed by atoms with Gasteiger partial charge in [0.2, 0.25) is 0 Å². The topological polar surface area (TPSA) is 81.7 Å². The molecule has 316 valence electrons. The molecule has 0 N–H and O–H groups in total. The summed E-state index contributed by atoms with van der Waals surface area (Å²) in [6.45, 7) is -3.17. The number of hydrogen-bond donors (Lipinski definition) is 0. The number of rotatable bonds is 22. The van der Waals surface area contributed by atoms with Crippen molar-refractivity contribution < 1.29 is 139 Å². The van der Waals surface area contributed by atoms with E-state index in [2.05, 4.69) is 35.0 Å². The lowest BCUT2D eigenvalue weighted by molar-refractivity contribution is -0.519. The third-order valence-electron chi connectivity index (χ3n) is 5.17. The summed E-state index contributed by atoms with van der Waals surface area (Å²) in [4.78, 5) is 11.6. The first-order valence-electron chi connectivity index (χ1n) is 12.5. The maximum Gasteiger partial charge on any atom is 0.527 e. The van der Waals surface area contributed by atoms with Crippen molar-refractivity contribution in [3.05, 3.63) is 12.2 Å². The van der Waals surface area contributed by atoms with E-state index in [0.29, 0.717) is 0 Å². The Bertz CT molecular complexity index is 1170. The van der Waals surface area contributed by atoms with Crippen LogP contribution in [0.4, 0.5) is 101 Å². The summed E-state index contributed by atoms with van der Waals surface area (Å²) in [6.07, 6.45) is -64.3. The summed E-state index contributed by atoms with van der Waals surface area (Å²) in [7, 11) is 0. The van der Waals surface area contributed by atoms with Crippen molar-refractivity contribution in [3.63, 3.8) is 0 Å². The Balaban J connectivity index is 6.21. The van der Waals surface area contributed by atoms with Crippen molar-refractivity contribution in [1.29, 1.82) is 0 Å². The second-order valence-electron chi connectivity index (χ2n) is 10.4. The minimum absolute atomic E-state index is 0.191. The van der Waals surface area contributed by atoms with Gasteiger partial charge in [-0.1, -0.05) is 13.5 Å². The van der Waals surface area contributed by atoms with Gasteiger partial charge >= 0.3 is 66.9 Å². The molecule has 0 amide bonds. The average Bonchev–Trinajstić information content (AvgIpc) is 2.90. The molecule has 0 heterocycles. The molecule has 3 atom stereocenters. The average molecular weight is 848 g/mol. The Labute approximate surface area is 277 Å². The predicted octanol–water partition coefficient (Wildman–Crippen LogP) is 8.76. The van der Waals surface area contributed by atoms with Crippen LogP contribution in [0.3, 0.4) is 0 Å². The highest BCUT2D eigenvalue weighted by atomic mass is 19.4. The van der Waals surface area contributed by atoms with Crippen LogP contribution in [0.2, 0.25) is 0 Å². The lowest BCUT2D eigenvalue weighted by Crippen LogP contribution is -2.60. The number of alkyl halides is 23. The van der Waals surface area contributed by atoms with Crippen LogP contribution in [0.5, 0.6) is 0 Å². The molecule has 0 spiro atoms. The summed E-state index contributed by atoms with van der Waals surface area (Å²) in [5, 5.41) is 0. The van der Waals surface area contributed by atoms with Crippen molar-refractivity contribution in [1.82, 2.24) is 0 Å². The number of ether oxygens (including phenoxy) is 7. The Morgan fingerprint density at radius 3 is 1.15 bits per heavy atom. The van der Waals surface area contributed by atoms with Gasteiger partial charge < -0.3 is 14.2 Å². The molecule has 0 aliphatic rings. The van der Waals surface area contributed by atoms with Crippen molar-refractivity contribution in [2.75, 3.05) is 19.8 Å². The Kier molecular flexibility index (Phi) is 15.1. The summed E-state index contributed by atoms with van der Waals surface area (Å²) >= 11 is 0. The second-order valence-corrected chi connectivity index (χ2v) is 10.4. The first-order valence-corrected chi connectivity index (χ1v) is 12.5. The standard InChI is InChI=1S/C22H19F23O8/c1-8(2)9(46)47-5-12(3,6-48-14(27,28)10(23)50-18(35,36)16(31,32)20(39,40)52-13(4,25)26)7-49-15(29,30)11(24)51-19(37,38)17(33,34)21(41,42)53-22(43,44)45/h10-11H,1,5-7H2,2-4H3.